The van der Waals surface area contributed by atoms with Crippen LogP contribution >= 0.6 is 11.6 Å². The Kier molecular flexibility index (Phi) is 2.47. The summed E-state index contributed by atoms with van der Waals surface area (Å²) >= 11 is 5.97. The van der Waals surface area contributed by atoms with Crippen LogP contribution in [0.3, 0.4) is 0 Å². The molecule has 1 aromatic rings. The van der Waals surface area contributed by atoms with E-state index in [2.05, 4.69) is 5.32 Å². The van der Waals surface area contributed by atoms with Crippen molar-refractivity contribution >= 4 is 33.0 Å². The van der Waals surface area contributed by atoms with Crippen LogP contribution in [0.25, 0.3) is 0 Å². The summed E-state index contributed by atoms with van der Waals surface area (Å²) in [6.45, 7) is 0. The predicted octanol–water partition coefficient (Wildman–Crippen LogP) is 2.24. The topological polar surface area (TPSA) is 63.2 Å². The summed E-state index contributed by atoms with van der Waals surface area (Å²) in [4.78, 5) is 12.2. The molecule has 0 saturated heterocycles. The molecule has 1 spiro atoms. The lowest BCUT2D eigenvalue weighted by Crippen LogP contribution is -2.45. The number of carbonyl (C=O) groups is 1. The molecule has 4 nitrogen and oxygen atoms in total. The summed E-state index contributed by atoms with van der Waals surface area (Å²) < 4.78 is 24.8. The summed E-state index contributed by atoms with van der Waals surface area (Å²) in [5.41, 5.74) is -0.447. The molecule has 1 N–H and O–H groups in total. The van der Waals surface area contributed by atoms with Gasteiger partial charge in [-0.3, -0.25) is 4.79 Å². The van der Waals surface area contributed by atoms with Crippen molar-refractivity contribution < 1.29 is 13.2 Å². The Bertz CT molecular complexity index is 635. The normalized spacial score (nSPS) is 23.7. The fraction of sp³-hybridized carbons (Fsp3) is 0.417. The maximum atomic E-state index is 12.4. The van der Waals surface area contributed by atoms with E-state index in [1.54, 1.807) is 12.1 Å². The third kappa shape index (κ3) is 1.57. The van der Waals surface area contributed by atoms with E-state index in [0.29, 0.717) is 18.5 Å². The quantitative estimate of drug-likeness (QED) is 0.795. The number of halogens is 1. The Hall–Kier alpha value is -1.07. The summed E-state index contributed by atoms with van der Waals surface area (Å²) in [6.07, 6.45) is 2.15. The van der Waals surface area contributed by atoms with Gasteiger partial charge in [-0.15, -0.1) is 0 Å². The Labute approximate surface area is 110 Å². The minimum Gasteiger partial charge on any atom is -0.324 e. The molecule has 1 fully saturated rings. The minimum absolute atomic E-state index is 0.0591. The Morgan fingerprint density at radius 1 is 1.28 bits per heavy atom. The van der Waals surface area contributed by atoms with Crippen molar-refractivity contribution in [3.63, 3.8) is 0 Å². The highest BCUT2D eigenvalue weighted by Gasteiger charge is 2.50. The van der Waals surface area contributed by atoms with Crippen LogP contribution in [0.1, 0.15) is 19.3 Å². The van der Waals surface area contributed by atoms with Crippen molar-refractivity contribution in [2.24, 2.45) is 5.41 Å². The summed E-state index contributed by atoms with van der Waals surface area (Å²) in [7, 11) is -3.53. The van der Waals surface area contributed by atoms with Gasteiger partial charge in [-0.25, -0.2) is 8.42 Å². The second-order valence-electron chi connectivity index (χ2n) is 4.96. The van der Waals surface area contributed by atoms with Crippen LogP contribution in [0.4, 0.5) is 5.69 Å². The van der Waals surface area contributed by atoms with E-state index < -0.39 is 15.3 Å². The number of fused-ring (bicyclic) bond motifs is 1. The van der Waals surface area contributed by atoms with Crippen LogP contribution in [0.2, 0.25) is 5.02 Å². The molecular weight excluding hydrogens is 274 g/mol. The second-order valence-corrected chi connectivity index (χ2v) is 7.30. The van der Waals surface area contributed by atoms with E-state index in [9.17, 15) is 13.2 Å². The molecule has 1 aromatic carbocycles. The van der Waals surface area contributed by atoms with E-state index in [4.69, 9.17) is 11.6 Å². The first-order valence-corrected chi connectivity index (χ1v) is 7.80. The van der Waals surface area contributed by atoms with Crippen molar-refractivity contribution in [3.05, 3.63) is 23.2 Å². The molecule has 0 aromatic heterocycles. The molecule has 18 heavy (non-hydrogen) atoms. The third-order valence-electron chi connectivity index (χ3n) is 3.78. The number of anilines is 1. The molecule has 6 heteroatoms. The fourth-order valence-electron chi connectivity index (χ4n) is 2.65. The molecule has 1 aliphatic carbocycles. The van der Waals surface area contributed by atoms with Crippen LogP contribution in [0.15, 0.2) is 23.1 Å². The highest BCUT2D eigenvalue weighted by atomic mass is 35.5. The fourth-order valence-corrected chi connectivity index (χ4v) is 5.29. The van der Waals surface area contributed by atoms with Gasteiger partial charge in [0.1, 0.15) is 4.90 Å². The van der Waals surface area contributed by atoms with Crippen LogP contribution in [-0.4, -0.2) is 20.1 Å². The molecule has 0 bridgehead atoms. The van der Waals surface area contributed by atoms with Gasteiger partial charge in [0, 0.05) is 0 Å². The zero-order valence-electron chi connectivity index (χ0n) is 9.57. The molecule has 1 heterocycles. The number of benzene rings is 1. The number of nitrogens with one attached hydrogen (secondary N) is 1. The molecule has 2 aliphatic rings. The maximum absolute atomic E-state index is 12.4. The number of carbonyl (C=O) groups excluding carboxylic acids is 1. The van der Waals surface area contributed by atoms with Crippen molar-refractivity contribution in [1.82, 2.24) is 0 Å². The SMILES string of the molecule is O=C1Nc2cccc(Cl)c2S(=O)(=O)CC12CCC2. The first-order chi connectivity index (χ1) is 8.45. The number of amides is 1. The summed E-state index contributed by atoms with van der Waals surface area (Å²) in [6, 6.07) is 4.74. The standard InChI is InChI=1S/C12H12ClNO3S/c13-8-3-1-4-9-10(8)18(16,17)7-12(5-2-6-12)11(15)14-9/h1,3-4H,2,5-7H2,(H,14,15). The minimum atomic E-state index is -3.53. The van der Waals surface area contributed by atoms with Crippen molar-refractivity contribution in [1.29, 1.82) is 0 Å². The highest BCUT2D eigenvalue weighted by molar-refractivity contribution is 7.91. The average Bonchev–Trinajstić information content (AvgIpc) is 2.31. The van der Waals surface area contributed by atoms with Crippen LogP contribution in [0, 0.1) is 5.41 Å². The summed E-state index contributed by atoms with van der Waals surface area (Å²) in [5, 5.41) is 2.88. The number of rotatable bonds is 0. The van der Waals surface area contributed by atoms with E-state index in [1.807, 2.05) is 0 Å². The van der Waals surface area contributed by atoms with E-state index >= 15 is 0 Å². The predicted molar refractivity (Wildman–Crippen MR) is 68.4 cm³/mol. The van der Waals surface area contributed by atoms with Crippen LogP contribution in [0.5, 0.6) is 0 Å². The second kappa shape index (κ2) is 3.71. The van der Waals surface area contributed by atoms with Gasteiger partial charge in [-0.2, -0.15) is 0 Å². The van der Waals surface area contributed by atoms with Crippen LogP contribution < -0.4 is 5.32 Å². The number of sulfone groups is 1. The Morgan fingerprint density at radius 2 is 2.00 bits per heavy atom. The maximum Gasteiger partial charge on any atom is 0.231 e. The Balaban J connectivity index is 2.21. The molecular formula is C12H12ClNO3S. The molecule has 3 rings (SSSR count). The van der Waals surface area contributed by atoms with Gasteiger partial charge in [0.05, 0.1) is 21.9 Å². The van der Waals surface area contributed by atoms with E-state index in [-0.39, 0.29) is 21.6 Å². The molecule has 0 atom stereocenters. The highest BCUT2D eigenvalue weighted by Crippen LogP contribution is 2.47. The Morgan fingerprint density at radius 3 is 2.61 bits per heavy atom. The molecule has 1 amide bonds. The van der Waals surface area contributed by atoms with Gasteiger partial charge in [0.25, 0.3) is 0 Å². The zero-order valence-corrected chi connectivity index (χ0v) is 11.1. The molecule has 96 valence electrons. The lowest BCUT2D eigenvalue weighted by molar-refractivity contribution is -0.128. The molecule has 0 radical (unpaired) electrons. The van der Waals surface area contributed by atoms with Crippen molar-refractivity contribution in [2.45, 2.75) is 24.2 Å². The van der Waals surface area contributed by atoms with Gasteiger partial charge in [-0.1, -0.05) is 24.1 Å². The smallest absolute Gasteiger partial charge is 0.231 e. The van der Waals surface area contributed by atoms with E-state index in [0.717, 1.165) is 6.42 Å². The average molecular weight is 286 g/mol. The zero-order chi connectivity index (χ0) is 13.0. The van der Waals surface area contributed by atoms with Gasteiger partial charge >= 0.3 is 0 Å². The lowest BCUT2D eigenvalue weighted by Gasteiger charge is -2.38. The van der Waals surface area contributed by atoms with E-state index in [1.165, 1.54) is 6.07 Å². The monoisotopic (exact) mass is 285 g/mol. The van der Waals surface area contributed by atoms with Gasteiger partial charge in [0.15, 0.2) is 9.84 Å². The number of hydrogen-bond donors (Lipinski definition) is 1. The third-order valence-corrected chi connectivity index (χ3v) is 6.21. The van der Waals surface area contributed by atoms with Gasteiger partial charge in [-0.05, 0) is 25.0 Å². The molecule has 1 aliphatic heterocycles. The van der Waals surface area contributed by atoms with Crippen molar-refractivity contribution in [3.8, 4) is 0 Å². The lowest BCUT2D eigenvalue weighted by atomic mass is 9.69. The van der Waals surface area contributed by atoms with Crippen LogP contribution in [-0.2, 0) is 14.6 Å². The molecule has 1 saturated carbocycles. The van der Waals surface area contributed by atoms with Crippen molar-refractivity contribution in [2.75, 3.05) is 11.1 Å². The van der Waals surface area contributed by atoms with Gasteiger partial charge < -0.3 is 5.32 Å². The molecule has 0 unspecified atom stereocenters. The first kappa shape index (κ1) is 12.0. The largest absolute Gasteiger partial charge is 0.324 e. The van der Waals surface area contributed by atoms with Gasteiger partial charge in [0.2, 0.25) is 5.91 Å². The number of hydrogen-bond acceptors (Lipinski definition) is 3. The summed E-state index contributed by atoms with van der Waals surface area (Å²) in [5.74, 6) is -0.332. The first-order valence-electron chi connectivity index (χ1n) is 5.77.